The summed E-state index contributed by atoms with van der Waals surface area (Å²) in [5.41, 5.74) is 0.545. The largest absolute Gasteiger partial charge is 0.338 e. The highest BCUT2D eigenvalue weighted by atomic mass is 16.6. The van der Waals surface area contributed by atoms with Crippen molar-refractivity contribution in [3.05, 3.63) is 34.4 Å². The lowest BCUT2D eigenvalue weighted by Gasteiger charge is -2.22. The van der Waals surface area contributed by atoms with E-state index in [4.69, 9.17) is 0 Å². The molecule has 1 heterocycles. The molecule has 1 aliphatic heterocycles. The number of amides is 2. The summed E-state index contributed by atoms with van der Waals surface area (Å²) in [4.78, 5) is 21.8. The Bertz CT molecular complexity index is 483. The van der Waals surface area contributed by atoms with Crippen LogP contribution in [0.4, 0.5) is 16.2 Å². The molecule has 0 spiro atoms. The molecule has 1 atom stereocenters. The van der Waals surface area contributed by atoms with E-state index < -0.39 is 4.92 Å². The summed E-state index contributed by atoms with van der Waals surface area (Å²) in [5, 5.41) is 19.3. The van der Waals surface area contributed by atoms with Crippen molar-refractivity contribution >= 4 is 17.4 Å². The zero-order chi connectivity index (χ0) is 15.1. The van der Waals surface area contributed by atoms with E-state index in [1.165, 1.54) is 37.1 Å². The van der Waals surface area contributed by atoms with E-state index in [9.17, 15) is 14.9 Å². The lowest BCUT2D eigenvalue weighted by atomic mass is 9.96. The van der Waals surface area contributed by atoms with E-state index >= 15 is 0 Å². The Morgan fingerprint density at radius 2 is 2.14 bits per heavy atom. The van der Waals surface area contributed by atoms with Crippen LogP contribution in [0.2, 0.25) is 0 Å². The fraction of sp³-hybridized carbons (Fsp3) is 0.500. The number of non-ortho nitro benzene ring substituents is 1. The van der Waals surface area contributed by atoms with Gasteiger partial charge in [-0.2, -0.15) is 0 Å². The Hall–Kier alpha value is -2.15. The first-order chi connectivity index (χ1) is 10.1. The second-order valence-corrected chi connectivity index (χ2v) is 5.19. The van der Waals surface area contributed by atoms with Crippen LogP contribution in [0.5, 0.6) is 0 Å². The Kier molecular flexibility index (Phi) is 5.51. The summed E-state index contributed by atoms with van der Waals surface area (Å²) in [6.07, 6.45) is 3.36. The summed E-state index contributed by atoms with van der Waals surface area (Å²) in [5.74, 6) is 0.624. The van der Waals surface area contributed by atoms with Gasteiger partial charge < -0.3 is 16.0 Å². The van der Waals surface area contributed by atoms with Gasteiger partial charge in [0.25, 0.3) is 5.69 Å². The van der Waals surface area contributed by atoms with E-state index in [0.29, 0.717) is 18.2 Å². The zero-order valence-corrected chi connectivity index (χ0v) is 11.8. The van der Waals surface area contributed by atoms with Gasteiger partial charge in [-0.05, 0) is 50.4 Å². The molecule has 1 aromatic carbocycles. The maximum absolute atomic E-state index is 11.7. The van der Waals surface area contributed by atoms with Gasteiger partial charge in [-0.3, -0.25) is 10.1 Å². The van der Waals surface area contributed by atoms with Crippen molar-refractivity contribution in [1.82, 2.24) is 10.6 Å². The second-order valence-electron chi connectivity index (χ2n) is 5.19. The van der Waals surface area contributed by atoms with Crippen LogP contribution in [-0.2, 0) is 0 Å². The fourth-order valence-corrected chi connectivity index (χ4v) is 2.40. The fourth-order valence-electron chi connectivity index (χ4n) is 2.40. The molecule has 1 unspecified atom stereocenters. The van der Waals surface area contributed by atoms with E-state index in [0.717, 1.165) is 19.5 Å². The number of rotatable bonds is 5. The van der Waals surface area contributed by atoms with Crippen LogP contribution >= 0.6 is 0 Å². The minimum atomic E-state index is -0.470. The number of hydrogen-bond donors (Lipinski definition) is 3. The van der Waals surface area contributed by atoms with Crippen LogP contribution in [-0.4, -0.2) is 30.6 Å². The maximum Gasteiger partial charge on any atom is 0.319 e. The smallest absolute Gasteiger partial charge is 0.319 e. The highest BCUT2D eigenvalue weighted by Gasteiger charge is 2.13. The van der Waals surface area contributed by atoms with E-state index in [1.54, 1.807) is 0 Å². The molecule has 0 bridgehead atoms. The number of carbonyl (C=O) groups is 1. The maximum atomic E-state index is 11.7. The molecule has 1 aromatic rings. The first kappa shape index (κ1) is 15.2. The average molecular weight is 292 g/mol. The molecule has 0 aromatic heterocycles. The summed E-state index contributed by atoms with van der Waals surface area (Å²) in [6, 6.07) is 5.48. The third kappa shape index (κ3) is 5.03. The van der Waals surface area contributed by atoms with E-state index in [-0.39, 0.29) is 11.7 Å². The Labute approximate surface area is 123 Å². The minimum Gasteiger partial charge on any atom is -0.338 e. The van der Waals surface area contributed by atoms with Gasteiger partial charge in [0.1, 0.15) is 0 Å². The highest BCUT2D eigenvalue weighted by Crippen LogP contribution is 2.15. The molecule has 114 valence electrons. The van der Waals surface area contributed by atoms with Crippen LogP contribution in [0.3, 0.4) is 0 Å². The number of anilines is 1. The summed E-state index contributed by atoms with van der Waals surface area (Å²) < 4.78 is 0. The standard InChI is InChI=1S/C14H20N4O3/c19-14(16-9-7-11-2-1-8-15-10-11)17-12-3-5-13(6-4-12)18(20)21/h3-6,11,15H,1-2,7-10H2,(H2,16,17,19). The topological polar surface area (TPSA) is 96.3 Å². The number of hydrogen-bond acceptors (Lipinski definition) is 4. The molecule has 2 rings (SSSR count). The third-order valence-electron chi connectivity index (χ3n) is 3.57. The van der Waals surface area contributed by atoms with Gasteiger partial charge in [0.2, 0.25) is 0 Å². The number of nitro benzene ring substituents is 1. The molecular weight excluding hydrogens is 272 g/mol. The number of nitrogens with one attached hydrogen (secondary N) is 3. The molecular formula is C14H20N4O3. The Morgan fingerprint density at radius 3 is 2.76 bits per heavy atom. The van der Waals surface area contributed by atoms with E-state index in [2.05, 4.69) is 16.0 Å². The lowest BCUT2D eigenvalue weighted by molar-refractivity contribution is -0.384. The van der Waals surface area contributed by atoms with Crippen molar-refractivity contribution in [2.75, 3.05) is 25.0 Å². The van der Waals surface area contributed by atoms with Crippen molar-refractivity contribution in [3.8, 4) is 0 Å². The lowest BCUT2D eigenvalue weighted by Crippen LogP contribution is -2.34. The molecule has 2 amide bonds. The molecule has 1 saturated heterocycles. The van der Waals surface area contributed by atoms with Gasteiger partial charge >= 0.3 is 6.03 Å². The molecule has 21 heavy (non-hydrogen) atoms. The van der Waals surface area contributed by atoms with Gasteiger partial charge in [-0.15, -0.1) is 0 Å². The van der Waals surface area contributed by atoms with Gasteiger partial charge in [0.05, 0.1) is 4.92 Å². The molecule has 0 radical (unpaired) electrons. The van der Waals surface area contributed by atoms with E-state index in [1.807, 2.05) is 0 Å². The van der Waals surface area contributed by atoms with Crippen molar-refractivity contribution < 1.29 is 9.72 Å². The highest BCUT2D eigenvalue weighted by molar-refractivity contribution is 5.89. The molecule has 7 nitrogen and oxygen atoms in total. The number of urea groups is 1. The predicted octanol–water partition coefficient (Wildman–Crippen LogP) is 2.11. The second kappa shape index (κ2) is 7.58. The number of nitro groups is 1. The van der Waals surface area contributed by atoms with Crippen LogP contribution < -0.4 is 16.0 Å². The molecule has 1 aliphatic rings. The normalized spacial score (nSPS) is 18.0. The number of nitrogens with zero attached hydrogens (tertiary/aromatic N) is 1. The molecule has 1 fully saturated rings. The Balaban J connectivity index is 1.70. The number of carbonyl (C=O) groups excluding carboxylic acids is 1. The van der Waals surface area contributed by atoms with Crippen LogP contribution in [0.25, 0.3) is 0 Å². The van der Waals surface area contributed by atoms with Crippen molar-refractivity contribution in [2.24, 2.45) is 5.92 Å². The van der Waals surface area contributed by atoms with Crippen molar-refractivity contribution in [1.29, 1.82) is 0 Å². The Morgan fingerprint density at radius 1 is 1.38 bits per heavy atom. The van der Waals surface area contributed by atoms with Crippen molar-refractivity contribution in [2.45, 2.75) is 19.3 Å². The predicted molar refractivity (Wildman–Crippen MR) is 80.3 cm³/mol. The summed E-state index contributed by atoms with van der Waals surface area (Å²) in [7, 11) is 0. The van der Waals surface area contributed by atoms with Gasteiger partial charge in [0, 0.05) is 24.4 Å². The summed E-state index contributed by atoms with van der Waals surface area (Å²) in [6.45, 7) is 2.74. The van der Waals surface area contributed by atoms with Gasteiger partial charge in [-0.1, -0.05) is 0 Å². The van der Waals surface area contributed by atoms with Crippen LogP contribution in [0.1, 0.15) is 19.3 Å². The molecule has 3 N–H and O–H groups in total. The number of benzene rings is 1. The SMILES string of the molecule is O=C(NCCC1CCCNC1)Nc1ccc([N+](=O)[O-])cc1. The van der Waals surface area contributed by atoms with Gasteiger partial charge in [-0.25, -0.2) is 4.79 Å². The first-order valence-electron chi connectivity index (χ1n) is 7.15. The van der Waals surface area contributed by atoms with Gasteiger partial charge in [0.15, 0.2) is 0 Å². The average Bonchev–Trinajstić information content (AvgIpc) is 2.49. The molecule has 0 aliphatic carbocycles. The minimum absolute atomic E-state index is 0.00533. The zero-order valence-electron chi connectivity index (χ0n) is 11.8. The van der Waals surface area contributed by atoms with Crippen LogP contribution in [0.15, 0.2) is 24.3 Å². The van der Waals surface area contributed by atoms with Crippen molar-refractivity contribution in [3.63, 3.8) is 0 Å². The first-order valence-corrected chi connectivity index (χ1v) is 7.15. The number of piperidine rings is 1. The quantitative estimate of drug-likeness (QED) is 0.572. The third-order valence-corrected chi connectivity index (χ3v) is 3.57. The monoisotopic (exact) mass is 292 g/mol. The van der Waals surface area contributed by atoms with Crippen LogP contribution in [0, 0.1) is 16.0 Å². The molecule has 7 heteroatoms. The summed E-state index contributed by atoms with van der Waals surface area (Å²) >= 11 is 0. The molecule has 0 saturated carbocycles.